The van der Waals surface area contributed by atoms with Crippen molar-refractivity contribution in [2.45, 2.75) is 19.9 Å². The summed E-state index contributed by atoms with van der Waals surface area (Å²) in [5, 5.41) is 15.3. The van der Waals surface area contributed by atoms with E-state index < -0.39 is 5.97 Å². The van der Waals surface area contributed by atoms with Crippen molar-refractivity contribution in [2.24, 2.45) is 0 Å². The van der Waals surface area contributed by atoms with E-state index in [1.807, 2.05) is 6.92 Å². The third kappa shape index (κ3) is 4.34. The van der Waals surface area contributed by atoms with Gasteiger partial charge in [-0.05, 0) is 24.6 Å². The van der Waals surface area contributed by atoms with E-state index in [4.69, 9.17) is 9.84 Å². The number of anilines is 1. The van der Waals surface area contributed by atoms with Crippen molar-refractivity contribution in [2.75, 3.05) is 11.9 Å². The fourth-order valence-electron chi connectivity index (χ4n) is 1.79. The third-order valence-corrected chi connectivity index (χ3v) is 2.75. The van der Waals surface area contributed by atoms with Crippen LogP contribution >= 0.6 is 0 Å². The van der Waals surface area contributed by atoms with E-state index in [0.717, 1.165) is 6.42 Å². The molecule has 0 bridgehead atoms. The molecule has 2 N–H and O–H groups in total. The van der Waals surface area contributed by atoms with Crippen LogP contribution in [0.1, 0.15) is 23.7 Å². The van der Waals surface area contributed by atoms with E-state index in [1.54, 1.807) is 24.3 Å². The molecule has 0 saturated carbocycles. The van der Waals surface area contributed by atoms with Gasteiger partial charge in [0.15, 0.2) is 5.82 Å². The number of ether oxygens (including phenoxy) is 1. The Bertz CT molecular complexity index is 666. The summed E-state index contributed by atoms with van der Waals surface area (Å²) >= 11 is 0. The van der Waals surface area contributed by atoms with Gasteiger partial charge in [0.25, 0.3) is 5.91 Å². The van der Waals surface area contributed by atoms with E-state index in [-0.39, 0.29) is 12.5 Å². The molecule has 1 amide bonds. The van der Waals surface area contributed by atoms with Gasteiger partial charge in [0.05, 0.1) is 6.61 Å². The number of aromatic nitrogens is 2. The Balaban J connectivity index is 2.02. The molecule has 1 heterocycles. The summed E-state index contributed by atoms with van der Waals surface area (Å²) in [4.78, 5) is 22.7. The van der Waals surface area contributed by atoms with E-state index in [2.05, 4.69) is 10.4 Å². The van der Waals surface area contributed by atoms with Gasteiger partial charge in [0.2, 0.25) is 0 Å². The molecule has 0 unspecified atom stereocenters. The number of carbonyl (C=O) groups excluding carboxylic acids is 1. The first-order chi connectivity index (χ1) is 10.6. The fourth-order valence-corrected chi connectivity index (χ4v) is 1.79. The van der Waals surface area contributed by atoms with Crippen molar-refractivity contribution in [3.8, 4) is 5.75 Å². The SMILES string of the molecule is CCCOc1cccc(C(=O)Nc2ccn(CC(=O)O)n2)c1. The summed E-state index contributed by atoms with van der Waals surface area (Å²) in [6.07, 6.45) is 2.38. The Morgan fingerprint density at radius 2 is 2.18 bits per heavy atom. The molecule has 0 radical (unpaired) electrons. The molecule has 0 atom stereocenters. The van der Waals surface area contributed by atoms with Crippen LogP contribution in [-0.2, 0) is 11.3 Å². The van der Waals surface area contributed by atoms with Crippen LogP contribution in [0.25, 0.3) is 0 Å². The Hall–Kier alpha value is -2.83. The molecule has 7 heteroatoms. The molecule has 2 rings (SSSR count). The van der Waals surface area contributed by atoms with Crippen LogP contribution in [0.4, 0.5) is 5.82 Å². The topological polar surface area (TPSA) is 93.5 Å². The van der Waals surface area contributed by atoms with Gasteiger partial charge in [-0.1, -0.05) is 13.0 Å². The van der Waals surface area contributed by atoms with Gasteiger partial charge in [0.1, 0.15) is 12.3 Å². The number of aliphatic carboxylic acids is 1. The zero-order valence-corrected chi connectivity index (χ0v) is 12.2. The highest BCUT2D eigenvalue weighted by molar-refractivity contribution is 6.03. The summed E-state index contributed by atoms with van der Waals surface area (Å²) in [6, 6.07) is 8.39. The summed E-state index contributed by atoms with van der Waals surface area (Å²) < 4.78 is 6.71. The van der Waals surface area contributed by atoms with Crippen LogP contribution < -0.4 is 10.1 Å². The minimum atomic E-state index is -0.998. The lowest BCUT2D eigenvalue weighted by Crippen LogP contribution is -2.14. The summed E-state index contributed by atoms with van der Waals surface area (Å²) in [6.45, 7) is 2.34. The Kier molecular flexibility index (Phi) is 5.13. The van der Waals surface area contributed by atoms with Crippen molar-refractivity contribution in [3.63, 3.8) is 0 Å². The van der Waals surface area contributed by atoms with Crippen molar-refractivity contribution in [1.29, 1.82) is 0 Å². The van der Waals surface area contributed by atoms with Crippen molar-refractivity contribution >= 4 is 17.7 Å². The molecule has 0 aliphatic rings. The van der Waals surface area contributed by atoms with Gasteiger partial charge in [-0.25, -0.2) is 0 Å². The normalized spacial score (nSPS) is 10.2. The van der Waals surface area contributed by atoms with Crippen LogP contribution in [0.5, 0.6) is 5.75 Å². The minimum Gasteiger partial charge on any atom is -0.494 e. The van der Waals surface area contributed by atoms with Gasteiger partial charge in [-0.3, -0.25) is 14.3 Å². The molecule has 0 saturated heterocycles. The Morgan fingerprint density at radius 3 is 2.91 bits per heavy atom. The van der Waals surface area contributed by atoms with Crippen molar-refractivity contribution in [1.82, 2.24) is 9.78 Å². The second-order valence-corrected chi connectivity index (χ2v) is 4.62. The summed E-state index contributed by atoms with van der Waals surface area (Å²) in [7, 11) is 0. The highest BCUT2D eigenvalue weighted by atomic mass is 16.5. The number of amides is 1. The number of carboxylic acid groups (broad SMARTS) is 1. The van der Waals surface area contributed by atoms with Crippen LogP contribution in [0.3, 0.4) is 0 Å². The molecular formula is C15H17N3O4. The average molecular weight is 303 g/mol. The minimum absolute atomic E-state index is 0.254. The molecular weight excluding hydrogens is 286 g/mol. The maximum atomic E-state index is 12.1. The number of nitrogens with one attached hydrogen (secondary N) is 1. The first-order valence-corrected chi connectivity index (χ1v) is 6.88. The Morgan fingerprint density at radius 1 is 1.36 bits per heavy atom. The number of carbonyl (C=O) groups is 2. The smallest absolute Gasteiger partial charge is 0.325 e. The molecule has 0 spiro atoms. The van der Waals surface area contributed by atoms with Crippen LogP contribution in [0.15, 0.2) is 36.5 Å². The number of nitrogens with zero attached hydrogens (tertiary/aromatic N) is 2. The number of benzene rings is 1. The first-order valence-electron chi connectivity index (χ1n) is 6.88. The lowest BCUT2D eigenvalue weighted by Gasteiger charge is -2.06. The molecule has 7 nitrogen and oxygen atoms in total. The maximum Gasteiger partial charge on any atom is 0.325 e. The quantitative estimate of drug-likeness (QED) is 0.816. The van der Waals surface area contributed by atoms with Crippen molar-refractivity contribution in [3.05, 3.63) is 42.1 Å². The highest BCUT2D eigenvalue weighted by Crippen LogP contribution is 2.15. The second kappa shape index (κ2) is 7.26. The Labute approximate surface area is 127 Å². The van der Waals surface area contributed by atoms with Gasteiger partial charge in [-0.2, -0.15) is 5.10 Å². The lowest BCUT2D eigenvalue weighted by atomic mass is 10.2. The molecule has 0 aliphatic heterocycles. The number of rotatable bonds is 7. The van der Waals surface area contributed by atoms with Gasteiger partial charge in [-0.15, -0.1) is 0 Å². The predicted octanol–water partition coefficient (Wildman–Crippen LogP) is 2.01. The first kappa shape index (κ1) is 15.6. The monoisotopic (exact) mass is 303 g/mol. The zero-order chi connectivity index (χ0) is 15.9. The van der Waals surface area contributed by atoms with E-state index in [0.29, 0.717) is 23.7 Å². The molecule has 1 aromatic heterocycles. The van der Waals surface area contributed by atoms with Gasteiger partial charge >= 0.3 is 5.97 Å². The van der Waals surface area contributed by atoms with Crippen LogP contribution in [-0.4, -0.2) is 33.4 Å². The van der Waals surface area contributed by atoms with Gasteiger partial charge in [0, 0.05) is 17.8 Å². The largest absolute Gasteiger partial charge is 0.494 e. The fraction of sp³-hybridized carbons (Fsp3) is 0.267. The van der Waals surface area contributed by atoms with Crippen molar-refractivity contribution < 1.29 is 19.4 Å². The van der Waals surface area contributed by atoms with Crippen LogP contribution in [0.2, 0.25) is 0 Å². The lowest BCUT2D eigenvalue weighted by molar-refractivity contribution is -0.137. The number of hydrogen-bond acceptors (Lipinski definition) is 4. The van der Waals surface area contributed by atoms with E-state index >= 15 is 0 Å². The maximum absolute atomic E-state index is 12.1. The standard InChI is InChI=1S/C15H17N3O4/c1-2-8-22-12-5-3-4-11(9-12)15(21)16-13-6-7-18(17-13)10-14(19)20/h3-7,9H,2,8,10H2,1H3,(H,19,20)(H,16,17,21). The molecule has 116 valence electrons. The summed E-state index contributed by atoms with van der Waals surface area (Å²) in [5.74, 6) is -0.402. The van der Waals surface area contributed by atoms with Gasteiger partial charge < -0.3 is 15.2 Å². The molecule has 0 aliphatic carbocycles. The molecule has 2 aromatic rings. The highest BCUT2D eigenvalue weighted by Gasteiger charge is 2.10. The second-order valence-electron chi connectivity index (χ2n) is 4.62. The molecule has 0 fully saturated rings. The summed E-state index contributed by atoms with van der Waals surface area (Å²) in [5.41, 5.74) is 0.446. The number of hydrogen-bond donors (Lipinski definition) is 2. The van der Waals surface area contributed by atoms with Crippen LogP contribution in [0, 0.1) is 0 Å². The number of carboxylic acids is 1. The molecule has 1 aromatic carbocycles. The van der Waals surface area contributed by atoms with E-state index in [9.17, 15) is 9.59 Å². The van der Waals surface area contributed by atoms with E-state index in [1.165, 1.54) is 16.9 Å². The predicted molar refractivity (Wildman–Crippen MR) is 80.0 cm³/mol. The average Bonchev–Trinajstić information content (AvgIpc) is 2.91. The zero-order valence-electron chi connectivity index (χ0n) is 12.2. The third-order valence-electron chi connectivity index (χ3n) is 2.75. The molecule has 22 heavy (non-hydrogen) atoms.